The van der Waals surface area contributed by atoms with Crippen LogP contribution in [0, 0.1) is 0 Å². The number of aryl methyl sites for hydroxylation is 1. The standard InChI is InChI=1S/C32H30ClN3O2S/c33-31-14-13-24(20-30(31)26-11-5-2-6-12-26)8-7-16-34-18-19-36-39(37,38)32-22-27(25-9-3-1-4-10-25)21-28-23-35-17-15-29(28)32/h1-6,9-15,17,20-23,34,36H,7-8,16,18-19H2. The molecule has 0 spiro atoms. The maximum absolute atomic E-state index is 13.3. The molecule has 39 heavy (non-hydrogen) atoms. The van der Waals surface area contributed by atoms with Crippen LogP contribution in [0.3, 0.4) is 0 Å². The van der Waals surface area contributed by atoms with Crippen LogP contribution in [0.4, 0.5) is 0 Å². The second kappa shape index (κ2) is 12.5. The highest BCUT2D eigenvalue weighted by Crippen LogP contribution is 2.30. The van der Waals surface area contributed by atoms with Crippen LogP contribution in [0.15, 0.2) is 114 Å². The SMILES string of the molecule is O=S(=O)(NCCNCCCc1ccc(Cl)c(-c2ccccc2)c1)c1cc(-c2ccccc2)cc2cnccc12. The second-order valence-corrected chi connectivity index (χ2v) is 11.5. The number of aromatic nitrogens is 1. The minimum atomic E-state index is -3.72. The summed E-state index contributed by atoms with van der Waals surface area (Å²) in [5.41, 5.74) is 5.16. The van der Waals surface area contributed by atoms with Gasteiger partial charge in [-0.1, -0.05) is 78.3 Å². The van der Waals surface area contributed by atoms with Crippen molar-refractivity contribution in [2.75, 3.05) is 19.6 Å². The summed E-state index contributed by atoms with van der Waals surface area (Å²) >= 11 is 6.43. The van der Waals surface area contributed by atoms with Gasteiger partial charge in [0.1, 0.15) is 0 Å². The van der Waals surface area contributed by atoms with Gasteiger partial charge in [-0.3, -0.25) is 4.98 Å². The summed E-state index contributed by atoms with van der Waals surface area (Å²) in [6.07, 6.45) is 5.15. The zero-order valence-corrected chi connectivity index (χ0v) is 23.1. The molecule has 0 atom stereocenters. The lowest BCUT2D eigenvalue weighted by molar-refractivity contribution is 0.575. The highest BCUT2D eigenvalue weighted by Gasteiger charge is 2.18. The third kappa shape index (κ3) is 6.72. The molecular weight excluding hydrogens is 526 g/mol. The number of rotatable bonds is 11. The fourth-order valence-electron chi connectivity index (χ4n) is 4.65. The van der Waals surface area contributed by atoms with Gasteiger partial charge in [0.15, 0.2) is 0 Å². The summed E-state index contributed by atoms with van der Waals surface area (Å²) in [7, 11) is -3.72. The fourth-order valence-corrected chi connectivity index (χ4v) is 6.17. The first kappa shape index (κ1) is 27.0. The monoisotopic (exact) mass is 555 g/mol. The summed E-state index contributed by atoms with van der Waals surface area (Å²) in [6, 6.07) is 31.5. The number of nitrogens with one attached hydrogen (secondary N) is 2. The van der Waals surface area contributed by atoms with Crippen molar-refractivity contribution in [1.29, 1.82) is 0 Å². The molecular formula is C32H30ClN3O2S. The number of benzene rings is 4. The van der Waals surface area contributed by atoms with Gasteiger partial charge in [0.2, 0.25) is 10.0 Å². The Labute approximate surface area is 234 Å². The molecule has 0 unspecified atom stereocenters. The Balaban J connectivity index is 1.16. The van der Waals surface area contributed by atoms with E-state index in [1.807, 2.05) is 60.7 Å². The molecule has 0 saturated heterocycles. The van der Waals surface area contributed by atoms with Gasteiger partial charge >= 0.3 is 0 Å². The van der Waals surface area contributed by atoms with E-state index in [1.165, 1.54) is 5.56 Å². The van der Waals surface area contributed by atoms with Gasteiger partial charge in [-0.05, 0) is 72.0 Å². The van der Waals surface area contributed by atoms with Crippen molar-refractivity contribution in [1.82, 2.24) is 15.0 Å². The van der Waals surface area contributed by atoms with E-state index < -0.39 is 10.0 Å². The minimum absolute atomic E-state index is 0.262. The highest BCUT2D eigenvalue weighted by molar-refractivity contribution is 7.89. The number of fused-ring (bicyclic) bond motifs is 1. The van der Waals surface area contributed by atoms with E-state index in [1.54, 1.807) is 24.5 Å². The molecule has 0 bridgehead atoms. The van der Waals surface area contributed by atoms with Crippen molar-refractivity contribution < 1.29 is 8.42 Å². The maximum atomic E-state index is 13.3. The van der Waals surface area contributed by atoms with Crippen LogP contribution in [0.5, 0.6) is 0 Å². The topological polar surface area (TPSA) is 71.1 Å². The molecule has 1 aromatic heterocycles. The molecule has 0 aliphatic rings. The Bertz CT molecular complexity index is 1660. The lowest BCUT2D eigenvalue weighted by Crippen LogP contribution is -2.32. The van der Waals surface area contributed by atoms with Crippen LogP contribution in [-0.4, -0.2) is 33.0 Å². The Morgan fingerprint density at radius 1 is 0.744 bits per heavy atom. The van der Waals surface area contributed by atoms with Crippen molar-refractivity contribution in [3.8, 4) is 22.3 Å². The van der Waals surface area contributed by atoms with Crippen molar-refractivity contribution in [2.45, 2.75) is 17.7 Å². The van der Waals surface area contributed by atoms with Crippen LogP contribution in [0.1, 0.15) is 12.0 Å². The molecule has 4 aromatic carbocycles. The first-order valence-electron chi connectivity index (χ1n) is 13.0. The van der Waals surface area contributed by atoms with E-state index in [4.69, 9.17) is 11.6 Å². The maximum Gasteiger partial charge on any atom is 0.241 e. The fraction of sp³-hybridized carbons (Fsp3) is 0.156. The molecule has 5 rings (SSSR count). The number of hydrogen-bond donors (Lipinski definition) is 2. The van der Waals surface area contributed by atoms with Crippen LogP contribution >= 0.6 is 11.6 Å². The smallest absolute Gasteiger partial charge is 0.241 e. The summed E-state index contributed by atoms with van der Waals surface area (Å²) < 4.78 is 29.4. The average molecular weight is 556 g/mol. The molecule has 0 amide bonds. The predicted octanol–water partition coefficient (Wildman–Crippen LogP) is 6.72. The molecule has 7 heteroatoms. The lowest BCUT2D eigenvalue weighted by Gasteiger charge is -2.13. The summed E-state index contributed by atoms with van der Waals surface area (Å²) in [5.74, 6) is 0. The molecule has 0 saturated carbocycles. The molecule has 0 aliphatic carbocycles. The molecule has 2 N–H and O–H groups in total. The van der Waals surface area contributed by atoms with Crippen molar-refractivity contribution >= 4 is 32.4 Å². The van der Waals surface area contributed by atoms with E-state index in [-0.39, 0.29) is 4.90 Å². The molecule has 0 radical (unpaired) electrons. The Hall–Kier alpha value is -3.55. The third-order valence-corrected chi connectivity index (χ3v) is 8.47. The Morgan fingerprint density at radius 2 is 1.49 bits per heavy atom. The molecule has 5 nitrogen and oxygen atoms in total. The molecule has 198 valence electrons. The number of halogens is 1. The van der Waals surface area contributed by atoms with E-state index in [0.29, 0.717) is 18.5 Å². The number of hydrogen-bond acceptors (Lipinski definition) is 4. The average Bonchev–Trinajstić information content (AvgIpc) is 2.97. The molecule has 5 aromatic rings. The first-order valence-corrected chi connectivity index (χ1v) is 14.8. The highest BCUT2D eigenvalue weighted by atomic mass is 35.5. The third-order valence-electron chi connectivity index (χ3n) is 6.64. The van der Waals surface area contributed by atoms with E-state index in [2.05, 4.69) is 39.3 Å². The quantitative estimate of drug-likeness (QED) is 0.177. The zero-order chi connectivity index (χ0) is 27.1. The predicted molar refractivity (Wildman–Crippen MR) is 160 cm³/mol. The van der Waals surface area contributed by atoms with Gasteiger partial charge in [-0.2, -0.15) is 0 Å². The second-order valence-electron chi connectivity index (χ2n) is 9.37. The number of pyridine rings is 1. The van der Waals surface area contributed by atoms with Crippen molar-refractivity contribution in [2.24, 2.45) is 0 Å². The number of nitrogens with zero attached hydrogens (tertiary/aromatic N) is 1. The van der Waals surface area contributed by atoms with E-state index in [0.717, 1.165) is 52.0 Å². The van der Waals surface area contributed by atoms with Crippen LogP contribution < -0.4 is 10.0 Å². The molecule has 0 fully saturated rings. The van der Waals surface area contributed by atoms with E-state index in [9.17, 15) is 8.42 Å². The van der Waals surface area contributed by atoms with Crippen LogP contribution in [-0.2, 0) is 16.4 Å². The van der Waals surface area contributed by atoms with Crippen molar-refractivity contribution in [3.63, 3.8) is 0 Å². The first-order chi connectivity index (χ1) is 19.0. The zero-order valence-electron chi connectivity index (χ0n) is 21.5. The van der Waals surface area contributed by atoms with Gasteiger partial charge in [0.25, 0.3) is 0 Å². The molecule has 1 heterocycles. The Morgan fingerprint density at radius 3 is 2.26 bits per heavy atom. The van der Waals surface area contributed by atoms with Crippen molar-refractivity contribution in [3.05, 3.63) is 120 Å². The van der Waals surface area contributed by atoms with E-state index >= 15 is 0 Å². The lowest BCUT2D eigenvalue weighted by atomic mass is 10.0. The number of sulfonamides is 1. The Kier molecular flexibility index (Phi) is 8.69. The molecule has 0 aliphatic heterocycles. The summed E-state index contributed by atoms with van der Waals surface area (Å²) in [5, 5.41) is 5.54. The van der Waals surface area contributed by atoms with Crippen LogP contribution in [0.2, 0.25) is 5.02 Å². The minimum Gasteiger partial charge on any atom is -0.315 e. The van der Waals surface area contributed by atoms with Gasteiger partial charge in [0.05, 0.1) is 4.90 Å². The van der Waals surface area contributed by atoms with Gasteiger partial charge < -0.3 is 5.32 Å². The van der Waals surface area contributed by atoms with Crippen LogP contribution in [0.25, 0.3) is 33.0 Å². The van der Waals surface area contributed by atoms with Gasteiger partial charge in [-0.25, -0.2) is 13.1 Å². The van der Waals surface area contributed by atoms with Gasteiger partial charge in [-0.15, -0.1) is 0 Å². The summed E-state index contributed by atoms with van der Waals surface area (Å²) in [4.78, 5) is 4.45. The normalized spacial score (nSPS) is 11.6. The summed E-state index contributed by atoms with van der Waals surface area (Å²) in [6.45, 7) is 1.61. The van der Waals surface area contributed by atoms with Gasteiger partial charge in [0, 0.05) is 46.8 Å². The largest absolute Gasteiger partial charge is 0.315 e.